The van der Waals surface area contributed by atoms with Crippen molar-refractivity contribution < 1.29 is 26.3 Å². The van der Waals surface area contributed by atoms with Crippen molar-refractivity contribution in [2.45, 2.75) is 43.9 Å². The largest absolute Gasteiger partial charge is 0.203 e. The monoisotopic (exact) mass is 631 g/mol. The topological polar surface area (TPSA) is 3.24 Å². The lowest BCUT2D eigenvalue weighted by molar-refractivity contribution is 0.448. The summed E-state index contributed by atoms with van der Waals surface area (Å²) < 4.78 is 90.3. The van der Waals surface area contributed by atoms with Gasteiger partial charge in [-0.05, 0) is 30.4 Å². The van der Waals surface area contributed by atoms with E-state index < -0.39 is 49.7 Å². The van der Waals surface area contributed by atoms with Crippen LogP contribution in [0.25, 0.3) is 0 Å². The highest BCUT2D eigenvalue weighted by Crippen LogP contribution is 2.91. The molecule has 0 radical (unpaired) electrons. The fourth-order valence-electron chi connectivity index (χ4n) is 6.37. The normalized spacial score (nSPS) is 18.4. The second kappa shape index (κ2) is 12.7. The van der Waals surface area contributed by atoms with E-state index in [1.165, 1.54) is 0 Å². The first-order chi connectivity index (χ1) is 20.5. The minimum absolute atomic E-state index is 0.0426. The Morgan fingerprint density at radius 3 is 1.42 bits per heavy atom. The van der Waals surface area contributed by atoms with Gasteiger partial charge < -0.3 is 0 Å². The van der Waals surface area contributed by atoms with E-state index >= 15 is 0 Å². The molecular formula is C34H33F6NP2. The van der Waals surface area contributed by atoms with Gasteiger partial charge in [-0.15, -0.1) is 11.1 Å². The van der Waals surface area contributed by atoms with E-state index in [-0.39, 0.29) is 21.9 Å². The molecule has 4 aromatic carbocycles. The van der Waals surface area contributed by atoms with Crippen LogP contribution in [-0.4, -0.2) is 11.0 Å². The van der Waals surface area contributed by atoms with Gasteiger partial charge >= 0.3 is 0 Å². The van der Waals surface area contributed by atoms with Gasteiger partial charge in [0.2, 0.25) is 0 Å². The fraction of sp³-hybridized carbons (Fsp3) is 0.235. The predicted molar refractivity (Wildman–Crippen MR) is 166 cm³/mol. The molecule has 1 fully saturated rings. The highest BCUT2D eigenvalue weighted by Gasteiger charge is 2.60. The number of rotatable bonds is 9. The SMILES string of the molecule is [CH2-][P+](c1cc(F)c(F)c(F)c1)(c1cc(F)c(F)c(F)c1)N(CCCC)[P+]1([CH2-])[C@H](c2ccccc2)CC[C@H]1c1ccccc1. The van der Waals surface area contributed by atoms with Gasteiger partial charge in [0.1, 0.15) is 0 Å². The van der Waals surface area contributed by atoms with Gasteiger partial charge in [0.25, 0.3) is 0 Å². The van der Waals surface area contributed by atoms with Gasteiger partial charge in [-0.25, -0.2) is 26.3 Å². The molecule has 0 unspecified atom stereocenters. The lowest BCUT2D eigenvalue weighted by Crippen LogP contribution is -2.38. The number of hydrogen-bond acceptors (Lipinski definition) is 1. The zero-order valence-electron chi connectivity index (χ0n) is 23.8. The Hall–Kier alpha value is -2.72. The van der Waals surface area contributed by atoms with Gasteiger partial charge in [0.15, 0.2) is 34.9 Å². The van der Waals surface area contributed by atoms with E-state index in [1.807, 2.05) is 67.6 Å². The summed E-state index contributed by atoms with van der Waals surface area (Å²) in [5.41, 5.74) is 1.85. The number of hydrogen-bond donors (Lipinski definition) is 0. The van der Waals surface area contributed by atoms with Crippen LogP contribution in [0, 0.1) is 48.2 Å². The Labute approximate surface area is 250 Å². The molecule has 0 bridgehead atoms. The Kier molecular flexibility index (Phi) is 9.37. The van der Waals surface area contributed by atoms with Crippen molar-refractivity contribution in [3.05, 3.63) is 144 Å². The molecule has 226 valence electrons. The van der Waals surface area contributed by atoms with Crippen molar-refractivity contribution in [2.75, 3.05) is 6.54 Å². The highest BCUT2D eigenvalue weighted by molar-refractivity contribution is 7.97. The summed E-state index contributed by atoms with van der Waals surface area (Å²) in [7, 11) is -6.38. The molecule has 1 saturated heterocycles. The number of halogens is 6. The van der Waals surface area contributed by atoms with E-state index in [2.05, 4.69) is 11.1 Å². The van der Waals surface area contributed by atoms with Crippen molar-refractivity contribution in [3.63, 3.8) is 0 Å². The predicted octanol–water partition coefficient (Wildman–Crippen LogP) is 10.3. The molecular weight excluding hydrogens is 598 g/mol. The van der Waals surface area contributed by atoms with Crippen LogP contribution in [0.5, 0.6) is 0 Å². The highest BCUT2D eigenvalue weighted by atomic mass is 31.2. The first-order valence-corrected chi connectivity index (χ1v) is 18.2. The molecule has 0 spiro atoms. The second-order valence-electron chi connectivity index (χ2n) is 11.0. The molecule has 9 heteroatoms. The molecule has 1 nitrogen and oxygen atoms in total. The van der Waals surface area contributed by atoms with Crippen LogP contribution in [0.3, 0.4) is 0 Å². The van der Waals surface area contributed by atoms with Crippen molar-refractivity contribution in [1.29, 1.82) is 0 Å². The van der Waals surface area contributed by atoms with Crippen LogP contribution >= 0.6 is 14.8 Å². The van der Waals surface area contributed by atoms with Crippen LogP contribution in [0.1, 0.15) is 55.1 Å². The minimum atomic E-state index is -3.61. The zero-order chi connectivity index (χ0) is 30.9. The first kappa shape index (κ1) is 31.7. The number of nitrogens with zero attached hydrogens (tertiary/aromatic N) is 1. The summed E-state index contributed by atoms with van der Waals surface area (Å²) in [6.45, 7) is 11.9. The molecule has 0 saturated carbocycles. The molecule has 43 heavy (non-hydrogen) atoms. The maximum absolute atomic E-state index is 14.9. The van der Waals surface area contributed by atoms with E-state index in [9.17, 15) is 26.3 Å². The van der Waals surface area contributed by atoms with Gasteiger partial charge in [-0.2, -0.15) is 6.66 Å². The van der Waals surface area contributed by atoms with Gasteiger partial charge in [0.05, 0.1) is 35.9 Å². The molecule has 0 amide bonds. The second-order valence-corrected chi connectivity index (χ2v) is 17.9. The summed E-state index contributed by atoms with van der Waals surface area (Å²) in [4.78, 5) is 0. The smallest absolute Gasteiger partial charge is 0.194 e. The molecule has 1 aliphatic rings. The van der Waals surface area contributed by atoms with Crippen molar-refractivity contribution in [3.8, 4) is 0 Å². The Bertz CT molecular complexity index is 1430. The summed E-state index contributed by atoms with van der Waals surface area (Å²) in [6, 6.07) is 23.1. The number of unbranched alkanes of at least 4 members (excludes halogenated alkanes) is 1. The first-order valence-electron chi connectivity index (χ1n) is 14.2. The van der Waals surface area contributed by atoms with E-state index in [1.54, 1.807) is 0 Å². The average Bonchev–Trinajstić information content (AvgIpc) is 3.36. The molecule has 4 aromatic rings. The zero-order valence-corrected chi connectivity index (χ0v) is 25.6. The fourth-order valence-corrected chi connectivity index (χ4v) is 16.8. The standard InChI is InChI=1S/C34H33F6NP2/c1-4-5-18-41(43(3)31(23-12-8-6-9-13-23)16-17-32(43)24-14-10-7-11-15-24)42(2,25-19-27(35)33(39)28(36)20-25)26-21-29(37)34(40)30(38)22-26/h6-15,19-22,31-32H,2-5,16-18H2,1H3/t31-,32-/m0/s1. The lowest BCUT2D eigenvalue weighted by atomic mass is 10.0. The quantitative estimate of drug-likeness (QED) is 0.0769. The van der Waals surface area contributed by atoms with Gasteiger partial charge in [-0.3, -0.25) is 0 Å². The van der Waals surface area contributed by atoms with Crippen LogP contribution in [0.2, 0.25) is 0 Å². The molecule has 1 heterocycles. The van der Waals surface area contributed by atoms with Crippen LogP contribution in [-0.2, 0) is 0 Å². The summed E-state index contributed by atoms with van der Waals surface area (Å²) in [5, 5.41) is -0.0853. The van der Waals surface area contributed by atoms with E-state index in [0.717, 1.165) is 54.7 Å². The summed E-state index contributed by atoms with van der Waals surface area (Å²) >= 11 is 0. The van der Waals surface area contributed by atoms with Crippen molar-refractivity contribution in [1.82, 2.24) is 4.44 Å². The van der Waals surface area contributed by atoms with E-state index in [0.29, 0.717) is 13.0 Å². The summed E-state index contributed by atoms with van der Waals surface area (Å²) in [5.74, 6) is -9.08. The minimum Gasteiger partial charge on any atom is -0.203 e. The van der Waals surface area contributed by atoms with Gasteiger partial charge in [0, 0.05) is 31.7 Å². The molecule has 5 rings (SSSR count). The van der Waals surface area contributed by atoms with E-state index in [4.69, 9.17) is 6.66 Å². The third kappa shape index (κ3) is 5.65. The van der Waals surface area contributed by atoms with Crippen LogP contribution in [0.15, 0.2) is 84.9 Å². The maximum atomic E-state index is 14.9. The number of benzene rings is 4. The van der Waals surface area contributed by atoms with Crippen LogP contribution < -0.4 is 10.6 Å². The molecule has 0 aromatic heterocycles. The molecule has 1 aliphatic heterocycles. The molecule has 0 N–H and O–H groups in total. The molecule has 2 atom stereocenters. The Balaban J connectivity index is 1.85. The third-order valence-electron chi connectivity index (χ3n) is 8.49. The Morgan fingerprint density at radius 1 is 0.698 bits per heavy atom. The average molecular weight is 632 g/mol. The van der Waals surface area contributed by atoms with Crippen molar-refractivity contribution >= 4 is 25.4 Å². The molecule has 0 aliphatic carbocycles. The third-order valence-corrected chi connectivity index (χ3v) is 17.9. The van der Waals surface area contributed by atoms with Gasteiger partial charge in [-0.1, -0.05) is 74.0 Å². The maximum Gasteiger partial charge on any atom is 0.194 e. The lowest BCUT2D eigenvalue weighted by Gasteiger charge is -2.51. The Morgan fingerprint density at radius 2 is 1.07 bits per heavy atom. The van der Waals surface area contributed by atoms with Crippen LogP contribution in [0.4, 0.5) is 26.3 Å². The summed E-state index contributed by atoms with van der Waals surface area (Å²) in [6.07, 6.45) is 2.86. The van der Waals surface area contributed by atoms with Crippen molar-refractivity contribution in [2.24, 2.45) is 0 Å².